The van der Waals surface area contributed by atoms with Gasteiger partial charge in [0.05, 0.1) is 0 Å². The van der Waals surface area contributed by atoms with Gasteiger partial charge < -0.3 is 8.83 Å². The average Bonchev–Trinajstić information content (AvgIpc) is 1.94. The van der Waals surface area contributed by atoms with Crippen LogP contribution in [0.25, 0.3) is 178 Å². The topological polar surface area (TPSA) is 104 Å². The minimum atomic E-state index is 0.623. The van der Waals surface area contributed by atoms with E-state index < -0.39 is 0 Å². The van der Waals surface area contributed by atoms with Gasteiger partial charge >= 0.3 is 0 Å². The Morgan fingerprint density at radius 1 is 0.178 bits per heavy atom. The Morgan fingerprint density at radius 3 is 1.21 bits per heavy atom. The number of benzene rings is 14. The summed E-state index contributed by atoms with van der Waals surface area (Å²) in [5.74, 6) is 3.81. The summed E-state index contributed by atoms with van der Waals surface area (Å²) < 4.78 is 12.3. The molecule has 0 spiro atoms. The van der Waals surface area contributed by atoms with Gasteiger partial charge in [0.15, 0.2) is 34.9 Å². The fourth-order valence-corrected chi connectivity index (χ4v) is 12.5. The van der Waals surface area contributed by atoms with Crippen LogP contribution in [0.5, 0.6) is 0 Å². The Labute approximate surface area is 516 Å². The van der Waals surface area contributed by atoms with E-state index in [4.69, 9.17) is 38.7 Å². The molecule has 0 bridgehead atoms. The number of furan rings is 2. The van der Waals surface area contributed by atoms with Gasteiger partial charge in [-0.2, -0.15) is 0 Å². The highest BCUT2D eigenvalue weighted by Crippen LogP contribution is 2.39. The summed E-state index contributed by atoms with van der Waals surface area (Å²) in [5, 5.41) is 13.5. The van der Waals surface area contributed by atoms with E-state index in [9.17, 15) is 0 Å². The van der Waals surface area contributed by atoms with E-state index in [1.54, 1.807) is 0 Å². The molecule has 18 aromatic rings. The molecule has 18 rings (SSSR count). The smallest absolute Gasteiger partial charge is 0.164 e. The van der Waals surface area contributed by atoms with Crippen molar-refractivity contribution in [3.8, 4) is 90.6 Å². The molecule has 0 saturated carbocycles. The molecule has 0 amide bonds. The first-order valence-corrected chi connectivity index (χ1v) is 30.0. The summed E-state index contributed by atoms with van der Waals surface area (Å²) >= 11 is 0. The number of nitrogens with zero attached hydrogens (tertiary/aromatic N) is 6. The third kappa shape index (κ3) is 9.62. The minimum Gasteiger partial charge on any atom is -0.456 e. The lowest BCUT2D eigenvalue weighted by Gasteiger charge is -2.12. The van der Waals surface area contributed by atoms with Gasteiger partial charge in [-0.3, -0.25) is 0 Å². The fraction of sp³-hybridized carbons (Fsp3) is 0. The summed E-state index contributed by atoms with van der Waals surface area (Å²) in [4.78, 5) is 30.4. The van der Waals surface area contributed by atoms with Crippen LogP contribution >= 0.6 is 0 Å². The second-order valence-electron chi connectivity index (χ2n) is 22.6. The number of hydrogen-bond acceptors (Lipinski definition) is 8. The molecule has 0 aliphatic heterocycles. The predicted molar refractivity (Wildman–Crippen MR) is 368 cm³/mol. The highest BCUT2D eigenvalue weighted by Gasteiger charge is 2.20. The lowest BCUT2D eigenvalue weighted by molar-refractivity contribution is 0.669. The molecule has 0 radical (unpaired) electrons. The second-order valence-corrected chi connectivity index (χ2v) is 22.6. The average molecular weight is 1150 g/mol. The van der Waals surface area contributed by atoms with Crippen LogP contribution in [0.4, 0.5) is 0 Å². The van der Waals surface area contributed by atoms with Crippen molar-refractivity contribution in [3.05, 3.63) is 303 Å². The SMILES string of the molecule is c1ccc(-c2ccc(-c3nc(-c4ccc5ccccc5c4)nc(-c4ccc5cc6oc7ccccc7c6cc5c4)n3)cc2)cc1.c1ccc(-c2ccccc2-c2nc(-c3ccc4ccccc4c3)nc(-c3ccc4ccc5oc6ccccc6c5c4c3)n2)cc1. The van der Waals surface area contributed by atoms with E-state index in [1.807, 2.05) is 48.5 Å². The van der Waals surface area contributed by atoms with Crippen molar-refractivity contribution in [1.29, 1.82) is 0 Å². The van der Waals surface area contributed by atoms with Gasteiger partial charge in [-0.05, 0) is 120 Å². The standard InChI is InChI=1S/2C41H25N3O/c1-2-11-27(12-3-1)32-14-6-7-15-33(32)41-43-39(30-20-18-26-10-4-5-13-29(26)24-30)42-40(44-41)31-21-19-28-22-23-37-38(35(28)25-31)34-16-8-9-17-36(34)45-37;1-2-8-26(9-3-1)28-14-17-29(18-15-28)39-42-40(32-20-16-27-10-4-5-11-30(27)22-32)44-41(43-39)33-21-19-31-25-38-36(24-34(31)23-33)35-12-6-7-13-37(35)45-38/h2*1-25H. The van der Waals surface area contributed by atoms with Gasteiger partial charge in [0.1, 0.15) is 22.3 Å². The zero-order valence-corrected chi connectivity index (χ0v) is 48.4. The van der Waals surface area contributed by atoms with Crippen molar-refractivity contribution < 1.29 is 8.83 Å². The van der Waals surface area contributed by atoms with Crippen LogP contribution in [0.15, 0.2) is 312 Å². The molecule has 0 fully saturated rings. The lowest BCUT2D eigenvalue weighted by atomic mass is 9.99. The van der Waals surface area contributed by atoms with Gasteiger partial charge in [0, 0.05) is 54.9 Å². The lowest BCUT2D eigenvalue weighted by Crippen LogP contribution is -2.01. The van der Waals surface area contributed by atoms with E-state index in [1.165, 1.54) is 16.3 Å². The van der Waals surface area contributed by atoms with Crippen LogP contribution < -0.4 is 0 Å². The number of para-hydroxylation sites is 2. The van der Waals surface area contributed by atoms with Gasteiger partial charge in [0.2, 0.25) is 0 Å². The van der Waals surface area contributed by atoms with Crippen LogP contribution in [0, 0.1) is 0 Å². The maximum absolute atomic E-state index is 6.21. The largest absolute Gasteiger partial charge is 0.456 e. The van der Waals surface area contributed by atoms with E-state index in [-0.39, 0.29) is 0 Å². The van der Waals surface area contributed by atoms with Crippen molar-refractivity contribution >= 4 is 87.0 Å². The highest BCUT2D eigenvalue weighted by atomic mass is 16.3. The number of aromatic nitrogens is 6. The fourth-order valence-electron chi connectivity index (χ4n) is 12.5. The molecule has 4 heterocycles. The molecule has 8 heteroatoms. The molecule has 0 atom stereocenters. The van der Waals surface area contributed by atoms with Crippen molar-refractivity contribution in [2.45, 2.75) is 0 Å². The summed E-state index contributed by atoms with van der Waals surface area (Å²) in [7, 11) is 0. The molecule has 4 aromatic heterocycles. The van der Waals surface area contributed by atoms with Gasteiger partial charge in [-0.15, -0.1) is 0 Å². The van der Waals surface area contributed by atoms with E-state index in [2.05, 4.69) is 255 Å². The third-order valence-corrected chi connectivity index (χ3v) is 17.0. The molecular weight excluding hydrogens is 1100 g/mol. The zero-order valence-electron chi connectivity index (χ0n) is 48.4. The maximum atomic E-state index is 6.21. The minimum absolute atomic E-state index is 0.623. The van der Waals surface area contributed by atoms with Crippen LogP contribution in [-0.4, -0.2) is 29.9 Å². The van der Waals surface area contributed by atoms with Crippen LogP contribution in [-0.2, 0) is 0 Å². The predicted octanol–water partition coefficient (Wildman–Crippen LogP) is 21.5. The second kappa shape index (κ2) is 21.9. The highest BCUT2D eigenvalue weighted by molar-refractivity contribution is 6.19. The van der Waals surface area contributed by atoms with Gasteiger partial charge in [-0.1, -0.05) is 249 Å². The van der Waals surface area contributed by atoms with Gasteiger partial charge in [0.25, 0.3) is 0 Å². The zero-order chi connectivity index (χ0) is 59.5. The first-order chi connectivity index (χ1) is 44.5. The van der Waals surface area contributed by atoms with Crippen molar-refractivity contribution in [2.75, 3.05) is 0 Å². The molecule has 0 saturated heterocycles. The van der Waals surface area contributed by atoms with E-state index >= 15 is 0 Å². The van der Waals surface area contributed by atoms with Crippen molar-refractivity contribution in [1.82, 2.24) is 29.9 Å². The maximum Gasteiger partial charge on any atom is 0.164 e. The summed E-state index contributed by atoms with van der Waals surface area (Å²) in [5.41, 5.74) is 13.7. The normalized spacial score (nSPS) is 11.6. The summed E-state index contributed by atoms with van der Waals surface area (Å²) in [6.07, 6.45) is 0. The monoisotopic (exact) mass is 1150 g/mol. The van der Waals surface area contributed by atoms with Crippen molar-refractivity contribution in [3.63, 3.8) is 0 Å². The molecule has 0 aliphatic carbocycles. The van der Waals surface area contributed by atoms with E-state index in [0.717, 1.165) is 126 Å². The quantitative estimate of drug-likeness (QED) is 0.148. The molecular formula is C82H50N6O2. The van der Waals surface area contributed by atoms with Crippen LogP contribution in [0.1, 0.15) is 0 Å². The molecule has 0 aliphatic rings. The van der Waals surface area contributed by atoms with Crippen LogP contribution in [0.3, 0.4) is 0 Å². The molecule has 0 unspecified atom stereocenters. The first kappa shape index (κ1) is 52.1. The third-order valence-electron chi connectivity index (χ3n) is 17.0. The number of rotatable bonds is 8. The Morgan fingerprint density at radius 2 is 0.578 bits per heavy atom. The van der Waals surface area contributed by atoms with Crippen LogP contribution in [0.2, 0.25) is 0 Å². The Balaban J connectivity index is 0.000000139. The summed E-state index contributed by atoms with van der Waals surface area (Å²) in [6, 6.07) is 105. The first-order valence-electron chi connectivity index (χ1n) is 30.0. The molecule has 420 valence electrons. The molecule has 0 N–H and O–H groups in total. The molecule has 8 nitrogen and oxygen atoms in total. The van der Waals surface area contributed by atoms with Gasteiger partial charge in [-0.25, -0.2) is 29.9 Å². The Bertz CT molecular complexity index is 5800. The summed E-state index contributed by atoms with van der Waals surface area (Å²) in [6.45, 7) is 0. The van der Waals surface area contributed by atoms with E-state index in [0.29, 0.717) is 34.9 Å². The molecule has 14 aromatic carbocycles. The number of hydrogen-bond donors (Lipinski definition) is 0. The van der Waals surface area contributed by atoms with Crippen molar-refractivity contribution in [2.24, 2.45) is 0 Å². The molecule has 90 heavy (non-hydrogen) atoms. The Hall–Kier alpha value is -12.3. The Kier molecular flexibility index (Phi) is 12.7. The number of fused-ring (bicyclic) bond motifs is 11.